The molecule has 5 heteroatoms. The van der Waals surface area contributed by atoms with Crippen molar-refractivity contribution in [1.29, 1.82) is 0 Å². The monoisotopic (exact) mass is 356 g/mol. The van der Waals surface area contributed by atoms with Crippen LogP contribution in [0.1, 0.15) is 41.4 Å². The third-order valence-corrected chi connectivity index (χ3v) is 6.38. The third-order valence-electron chi connectivity index (χ3n) is 5.17. The van der Waals surface area contributed by atoms with E-state index in [2.05, 4.69) is 23.2 Å². The lowest BCUT2D eigenvalue weighted by atomic mass is 10.0. The van der Waals surface area contributed by atoms with Crippen LogP contribution in [0.25, 0.3) is 10.4 Å². The molecule has 1 N–H and O–H groups in total. The van der Waals surface area contributed by atoms with Gasteiger partial charge in [0.25, 0.3) is 5.91 Å². The van der Waals surface area contributed by atoms with Gasteiger partial charge in [0.1, 0.15) is 12.4 Å². The molecule has 4 nitrogen and oxygen atoms in total. The number of para-hydroxylation sites is 1. The first-order chi connectivity index (χ1) is 12.2. The maximum Gasteiger partial charge on any atom is 0.261 e. The van der Waals surface area contributed by atoms with E-state index in [1.54, 1.807) is 11.3 Å². The zero-order chi connectivity index (χ0) is 17.2. The van der Waals surface area contributed by atoms with Crippen LogP contribution in [0.2, 0.25) is 0 Å². The van der Waals surface area contributed by atoms with E-state index in [0.29, 0.717) is 19.2 Å². The highest BCUT2D eigenvalue weighted by molar-refractivity contribution is 7.17. The molecule has 4 rings (SSSR count). The van der Waals surface area contributed by atoms with Crippen molar-refractivity contribution in [2.24, 2.45) is 0 Å². The van der Waals surface area contributed by atoms with E-state index >= 15 is 0 Å². The Morgan fingerprint density at radius 2 is 2.24 bits per heavy atom. The summed E-state index contributed by atoms with van der Waals surface area (Å²) in [6.45, 7) is 5.62. The van der Waals surface area contributed by atoms with Crippen molar-refractivity contribution < 1.29 is 9.53 Å². The second-order valence-corrected chi connectivity index (χ2v) is 7.94. The van der Waals surface area contributed by atoms with Crippen molar-refractivity contribution >= 4 is 17.2 Å². The summed E-state index contributed by atoms with van der Waals surface area (Å²) in [6, 6.07) is 10.6. The standard InChI is InChI=1S/C20H24N2O2S/c1-14-6-4-5-10-22(14)11-9-21-20(23)18-12-15-13-24-17-8-3-2-7-16(17)19(15)25-18/h2-3,7-8,12,14H,4-6,9-11,13H2,1H3,(H,21,23)/t14-/m1/s1. The average Bonchev–Trinajstić information content (AvgIpc) is 3.08. The quantitative estimate of drug-likeness (QED) is 0.903. The van der Waals surface area contributed by atoms with Crippen LogP contribution >= 0.6 is 11.3 Å². The van der Waals surface area contributed by atoms with Crippen molar-refractivity contribution in [3.63, 3.8) is 0 Å². The van der Waals surface area contributed by atoms with Gasteiger partial charge in [0, 0.05) is 35.1 Å². The third kappa shape index (κ3) is 3.44. The van der Waals surface area contributed by atoms with Gasteiger partial charge in [0.2, 0.25) is 0 Å². The van der Waals surface area contributed by atoms with Crippen LogP contribution in [0.3, 0.4) is 0 Å². The molecule has 0 saturated carbocycles. The van der Waals surface area contributed by atoms with Gasteiger partial charge < -0.3 is 10.1 Å². The molecule has 2 aliphatic rings. The summed E-state index contributed by atoms with van der Waals surface area (Å²) in [5.41, 5.74) is 2.20. The molecule has 0 aliphatic carbocycles. The molecule has 0 radical (unpaired) electrons. The first kappa shape index (κ1) is 16.6. The number of carbonyl (C=O) groups is 1. The molecule has 0 unspecified atom stereocenters. The largest absolute Gasteiger partial charge is 0.488 e. The van der Waals surface area contributed by atoms with Crippen molar-refractivity contribution in [3.05, 3.63) is 40.8 Å². The van der Waals surface area contributed by atoms with Gasteiger partial charge in [-0.3, -0.25) is 9.69 Å². The highest BCUT2D eigenvalue weighted by atomic mass is 32.1. The lowest BCUT2D eigenvalue weighted by molar-refractivity contribution is 0.0942. The number of nitrogens with one attached hydrogen (secondary N) is 1. The van der Waals surface area contributed by atoms with Gasteiger partial charge in [0.15, 0.2) is 0 Å². The number of amides is 1. The zero-order valence-corrected chi connectivity index (χ0v) is 15.4. The molecular weight excluding hydrogens is 332 g/mol. The van der Waals surface area contributed by atoms with E-state index in [0.717, 1.165) is 39.7 Å². The van der Waals surface area contributed by atoms with Gasteiger partial charge in [0.05, 0.1) is 4.88 Å². The van der Waals surface area contributed by atoms with Crippen LogP contribution in [-0.4, -0.2) is 36.5 Å². The first-order valence-corrected chi connectivity index (χ1v) is 9.91. The van der Waals surface area contributed by atoms with Crippen LogP contribution in [0.5, 0.6) is 5.75 Å². The molecule has 1 saturated heterocycles. The molecule has 1 atom stereocenters. The second-order valence-electron chi connectivity index (χ2n) is 6.89. The highest BCUT2D eigenvalue weighted by Crippen LogP contribution is 2.42. The number of hydrogen-bond donors (Lipinski definition) is 1. The molecule has 2 aliphatic heterocycles. The summed E-state index contributed by atoms with van der Waals surface area (Å²) in [5.74, 6) is 0.935. The number of nitrogens with zero attached hydrogens (tertiary/aromatic N) is 1. The van der Waals surface area contributed by atoms with Gasteiger partial charge in [-0.1, -0.05) is 18.6 Å². The minimum Gasteiger partial charge on any atom is -0.488 e. The van der Waals surface area contributed by atoms with Crippen molar-refractivity contribution in [1.82, 2.24) is 10.2 Å². The number of piperidine rings is 1. The van der Waals surface area contributed by atoms with Gasteiger partial charge >= 0.3 is 0 Å². The van der Waals surface area contributed by atoms with Gasteiger partial charge in [-0.05, 0) is 44.5 Å². The molecule has 3 heterocycles. The van der Waals surface area contributed by atoms with E-state index in [9.17, 15) is 4.79 Å². The Bertz CT molecular complexity index is 771. The summed E-state index contributed by atoms with van der Waals surface area (Å²) in [4.78, 5) is 17.0. The van der Waals surface area contributed by atoms with Gasteiger partial charge in [-0.25, -0.2) is 0 Å². The summed E-state index contributed by atoms with van der Waals surface area (Å²) < 4.78 is 5.78. The second kappa shape index (κ2) is 7.18. The fraction of sp³-hybridized carbons (Fsp3) is 0.450. The topological polar surface area (TPSA) is 41.6 Å². The summed E-state index contributed by atoms with van der Waals surface area (Å²) >= 11 is 1.57. The molecule has 1 amide bonds. The lowest BCUT2D eigenvalue weighted by Crippen LogP contribution is -2.42. The molecule has 1 aromatic heterocycles. The van der Waals surface area contributed by atoms with E-state index in [-0.39, 0.29) is 5.91 Å². The number of rotatable bonds is 4. The maximum atomic E-state index is 12.5. The van der Waals surface area contributed by atoms with Crippen molar-refractivity contribution in [2.75, 3.05) is 19.6 Å². The Morgan fingerprint density at radius 3 is 3.12 bits per heavy atom. The Labute approximate surface area is 152 Å². The first-order valence-electron chi connectivity index (χ1n) is 9.09. The van der Waals surface area contributed by atoms with Crippen molar-refractivity contribution in [2.45, 2.75) is 38.8 Å². The molecule has 132 valence electrons. The molecule has 0 bridgehead atoms. The minimum atomic E-state index is 0.0292. The molecule has 1 aromatic carbocycles. The van der Waals surface area contributed by atoms with Crippen LogP contribution < -0.4 is 10.1 Å². The summed E-state index contributed by atoms with van der Waals surface area (Å²) in [6.07, 6.45) is 3.87. The zero-order valence-electron chi connectivity index (χ0n) is 14.6. The van der Waals surface area contributed by atoms with Crippen LogP contribution in [0, 0.1) is 0 Å². The van der Waals surface area contributed by atoms with Gasteiger partial charge in [-0.15, -0.1) is 11.3 Å². The maximum absolute atomic E-state index is 12.5. The fourth-order valence-corrected chi connectivity index (χ4v) is 4.81. The van der Waals surface area contributed by atoms with E-state index in [1.165, 1.54) is 19.3 Å². The molecular formula is C20H24N2O2S. The average molecular weight is 356 g/mol. The normalized spacial score (nSPS) is 19.6. The number of fused-ring (bicyclic) bond motifs is 3. The van der Waals surface area contributed by atoms with Crippen LogP contribution in [0.4, 0.5) is 0 Å². The SMILES string of the molecule is C[C@@H]1CCCCN1CCNC(=O)c1cc2c(s1)-c1ccccc1OC2. The van der Waals surface area contributed by atoms with E-state index in [1.807, 2.05) is 24.3 Å². The number of hydrogen-bond acceptors (Lipinski definition) is 4. The summed E-state index contributed by atoms with van der Waals surface area (Å²) in [5, 5.41) is 3.09. The molecule has 2 aromatic rings. The highest BCUT2D eigenvalue weighted by Gasteiger charge is 2.23. The molecule has 1 fully saturated rings. The Balaban J connectivity index is 1.40. The van der Waals surface area contributed by atoms with Crippen molar-refractivity contribution in [3.8, 4) is 16.2 Å². The van der Waals surface area contributed by atoms with E-state index in [4.69, 9.17) is 4.74 Å². The number of benzene rings is 1. The van der Waals surface area contributed by atoms with Gasteiger partial charge in [-0.2, -0.15) is 0 Å². The molecule has 25 heavy (non-hydrogen) atoms. The smallest absolute Gasteiger partial charge is 0.261 e. The Hall–Kier alpha value is -1.85. The number of ether oxygens (including phenoxy) is 1. The molecule has 0 spiro atoms. The predicted octanol–water partition coefficient (Wildman–Crippen LogP) is 3.91. The predicted molar refractivity (Wildman–Crippen MR) is 101 cm³/mol. The van der Waals surface area contributed by atoms with Crippen LogP contribution in [0.15, 0.2) is 30.3 Å². The van der Waals surface area contributed by atoms with Crippen LogP contribution in [-0.2, 0) is 6.61 Å². The number of thiophene rings is 1. The number of likely N-dealkylation sites (tertiary alicyclic amines) is 1. The Morgan fingerprint density at radius 1 is 1.36 bits per heavy atom. The van der Waals surface area contributed by atoms with E-state index < -0.39 is 0 Å². The minimum absolute atomic E-state index is 0.0292. The lowest BCUT2D eigenvalue weighted by Gasteiger charge is -2.33. The number of carbonyl (C=O) groups excluding carboxylic acids is 1. The Kier molecular flexibility index (Phi) is 4.77. The fourth-order valence-electron chi connectivity index (χ4n) is 3.70. The summed E-state index contributed by atoms with van der Waals surface area (Å²) in [7, 11) is 0.